The molecule has 0 atom stereocenters. The van der Waals surface area contributed by atoms with E-state index in [4.69, 9.17) is 0 Å². The maximum atomic E-state index is 4.68. The van der Waals surface area contributed by atoms with E-state index in [-0.39, 0.29) is 0 Å². The maximum absolute atomic E-state index is 4.68. The van der Waals surface area contributed by atoms with Crippen LogP contribution in [-0.2, 0) is 6.54 Å². The Labute approximate surface area is 102 Å². The Kier molecular flexibility index (Phi) is 3.82. The van der Waals surface area contributed by atoms with Gasteiger partial charge in [0.1, 0.15) is 0 Å². The van der Waals surface area contributed by atoms with Gasteiger partial charge in [-0.25, -0.2) is 4.98 Å². The molecule has 0 radical (unpaired) electrons. The monoisotopic (exact) mass is 239 g/mol. The summed E-state index contributed by atoms with van der Waals surface area (Å²) in [6.45, 7) is 9.80. The predicted molar refractivity (Wildman–Crippen MR) is 70.3 cm³/mol. The van der Waals surface area contributed by atoms with Crippen LogP contribution in [0.1, 0.15) is 37.3 Å². The van der Waals surface area contributed by atoms with E-state index in [1.807, 2.05) is 11.3 Å². The van der Waals surface area contributed by atoms with Gasteiger partial charge in [-0.15, -0.1) is 11.3 Å². The molecule has 0 unspecified atom stereocenters. The third-order valence-corrected chi connectivity index (χ3v) is 4.15. The molecular weight excluding hydrogens is 218 g/mol. The molecule has 16 heavy (non-hydrogen) atoms. The second-order valence-corrected chi connectivity index (χ2v) is 5.80. The van der Waals surface area contributed by atoms with Crippen LogP contribution in [0.25, 0.3) is 0 Å². The molecule has 1 aliphatic heterocycles. The summed E-state index contributed by atoms with van der Waals surface area (Å²) in [6, 6.07) is 0.539. The van der Waals surface area contributed by atoms with Gasteiger partial charge < -0.3 is 10.2 Å². The van der Waals surface area contributed by atoms with E-state index in [9.17, 15) is 0 Å². The van der Waals surface area contributed by atoms with Crippen molar-refractivity contribution < 1.29 is 0 Å². The molecule has 0 aromatic carbocycles. The quantitative estimate of drug-likeness (QED) is 0.875. The lowest BCUT2D eigenvalue weighted by Crippen LogP contribution is -2.21. The molecule has 1 aromatic rings. The van der Waals surface area contributed by atoms with Crippen molar-refractivity contribution in [3.8, 4) is 0 Å². The fourth-order valence-corrected chi connectivity index (χ4v) is 2.98. The number of hydrogen-bond donors (Lipinski definition) is 1. The fraction of sp³-hybridized carbons (Fsp3) is 0.750. The highest BCUT2D eigenvalue weighted by molar-refractivity contribution is 7.15. The second-order valence-electron chi connectivity index (χ2n) is 4.73. The average molecular weight is 239 g/mol. The van der Waals surface area contributed by atoms with Crippen molar-refractivity contribution in [2.45, 2.75) is 46.2 Å². The Bertz CT molecular complexity index is 340. The van der Waals surface area contributed by atoms with Gasteiger partial charge in [-0.1, -0.05) is 13.8 Å². The zero-order chi connectivity index (χ0) is 11.5. The molecule has 1 N–H and O–H groups in total. The van der Waals surface area contributed by atoms with E-state index in [2.05, 4.69) is 36.0 Å². The van der Waals surface area contributed by atoms with Gasteiger partial charge in [-0.2, -0.15) is 0 Å². The van der Waals surface area contributed by atoms with Crippen molar-refractivity contribution in [1.29, 1.82) is 0 Å². The van der Waals surface area contributed by atoms with Crippen LogP contribution in [0.5, 0.6) is 0 Å². The van der Waals surface area contributed by atoms with Crippen LogP contribution in [-0.4, -0.2) is 24.1 Å². The Balaban J connectivity index is 2.02. The number of aryl methyl sites for hydroxylation is 1. The zero-order valence-corrected chi connectivity index (χ0v) is 11.2. The van der Waals surface area contributed by atoms with Crippen molar-refractivity contribution in [2.24, 2.45) is 0 Å². The molecule has 2 heterocycles. The molecule has 0 aliphatic carbocycles. The summed E-state index contributed by atoms with van der Waals surface area (Å²) in [6.07, 6.45) is 2.64. The van der Waals surface area contributed by atoms with Gasteiger partial charge in [0.25, 0.3) is 0 Å². The van der Waals surface area contributed by atoms with E-state index >= 15 is 0 Å². The molecule has 90 valence electrons. The second kappa shape index (κ2) is 5.15. The normalized spacial score (nSPS) is 16.4. The van der Waals surface area contributed by atoms with Crippen LogP contribution in [0.3, 0.4) is 0 Å². The SMILES string of the molecule is Cc1nc(N2CCCC2)sc1CNC(C)C. The molecule has 1 aromatic heterocycles. The van der Waals surface area contributed by atoms with E-state index < -0.39 is 0 Å². The fourth-order valence-electron chi connectivity index (χ4n) is 1.92. The minimum absolute atomic E-state index is 0.539. The number of nitrogens with one attached hydrogen (secondary N) is 1. The van der Waals surface area contributed by atoms with E-state index in [1.54, 1.807) is 0 Å². The Morgan fingerprint density at radius 1 is 1.38 bits per heavy atom. The average Bonchev–Trinajstić information content (AvgIpc) is 2.83. The van der Waals surface area contributed by atoms with Gasteiger partial charge in [0.2, 0.25) is 0 Å². The van der Waals surface area contributed by atoms with Crippen LogP contribution in [0, 0.1) is 6.92 Å². The zero-order valence-electron chi connectivity index (χ0n) is 10.4. The Morgan fingerprint density at radius 2 is 2.06 bits per heavy atom. The Hall–Kier alpha value is -0.610. The standard InChI is InChI=1S/C12H21N3S/c1-9(2)13-8-11-10(3)14-12(16-11)15-6-4-5-7-15/h9,13H,4-8H2,1-3H3. The van der Waals surface area contributed by atoms with Crippen LogP contribution < -0.4 is 10.2 Å². The summed E-state index contributed by atoms with van der Waals surface area (Å²) < 4.78 is 0. The summed E-state index contributed by atoms with van der Waals surface area (Å²) in [7, 11) is 0. The van der Waals surface area contributed by atoms with Crippen molar-refractivity contribution in [3.63, 3.8) is 0 Å². The molecule has 3 nitrogen and oxygen atoms in total. The minimum atomic E-state index is 0.539. The van der Waals surface area contributed by atoms with Crippen LogP contribution in [0.2, 0.25) is 0 Å². The van der Waals surface area contributed by atoms with Gasteiger partial charge in [0, 0.05) is 30.6 Å². The van der Waals surface area contributed by atoms with Gasteiger partial charge in [0.15, 0.2) is 5.13 Å². The summed E-state index contributed by atoms with van der Waals surface area (Å²) in [5.74, 6) is 0. The molecule has 0 bridgehead atoms. The highest BCUT2D eigenvalue weighted by Gasteiger charge is 2.17. The van der Waals surface area contributed by atoms with Crippen molar-refractivity contribution in [1.82, 2.24) is 10.3 Å². The number of hydrogen-bond acceptors (Lipinski definition) is 4. The summed E-state index contributed by atoms with van der Waals surface area (Å²) in [4.78, 5) is 8.47. The van der Waals surface area contributed by atoms with Gasteiger partial charge in [0.05, 0.1) is 5.69 Å². The minimum Gasteiger partial charge on any atom is -0.348 e. The largest absolute Gasteiger partial charge is 0.348 e. The number of thiazole rings is 1. The topological polar surface area (TPSA) is 28.2 Å². The molecule has 1 fully saturated rings. The molecule has 1 aliphatic rings. The van der Waals surface area contributed by atoms with Crippen molar-refractivity contribution >= 4 is 16.5 Å². The van der Waals surface area contributed by atoms with Crippen LogP contribution in [0.4, 0.5) is 5.13 Å². The number of nitrogens with zero attached hydrogens (tertiary/aromatic N) is 2. The number of anilines is 1. The number of rotatable bonds is 4. The lowest BCUT2D eigenvalue weighted by Gasteiger charge is -2.12. The first-order chi connectivity index (χ1) is 7.66. The van der Waals surface area contributed by atoms with Gasteiger partial charge in [-0.3, -0.25) is 0 Å². The molecule has 0 spiro atoms. The highest BCUT2D eigenvalue weighted by Crippen LogP contribution is 2.28. The first kappa shape index (κ1) is 11.9. The summed E-state index contributed by atoms with van der Waals surface area (Å²) in [5, 5.41) is 4.68. The maximum Gasteiger partial charge on any atom is 0.185 e. The first-order valence-electron chi connectivity index (χ1n) is 6.11. The van der Waals surface area contributed by atoms with Crippen LogP contribution >= 0.6 is 11.3 Å². The van der Waals surface area contributed by atoms with Gasteiger partial charge in [-0.05, 0) is 19.8 Å². The molecule has 1 saturated heterocycles. The van der Waals surface area contributed by atoms with E-state index in [0.29, 0.717) is 6.04 Å². The predicted octanol–water partition coefficient (Wildman–Crippen LogP) is 2.55. The van der Waals surface area contributed by atoms with Crippen LogP contribution in [0.15, 0.2) is 0 Å². The third kappa shape index (κ3) is 2.74. The summed E-state index contributed by atoms with van der Waals surface area (Å²) >= 11 is 1.85. The van der Waals surface area contributed by atoms with Gasteiger partial charge >= 0.3 is 0 Å². The van der Waals surface area contributed by atoms with E-state index in [1.165, 1.54) is 41.6 Å². The molecule has 4 heteroatoms. The lowest BCUT2D eigenvalue weighted by molar-refractivity contribution is 0.591. The Morgan fingerprint density at radius 3 is 2.69 bits per heavy atom. The smallest absolute Gasteiger partial charge is 0.185 e. The summed E-state index contributed by atoms with van der Waals surface area (Å²) in [5.41, 5.74) is 1.19. The molecule has 0 amide bonds. The third-order valence-electron chi connectivity index (χ3n) is 2.93. The molecule has 0 saturated carbocycles. The first-order valence-corrected chi connectivity index (χ1v) is 6.93. The van der Waals surface area contributed by atoms with Crippen molar-refractivity contribution in [3.05, 3.63) is 10.6 Å². The highest BCUT2D eigenvalue weighted by atomic mass is 32.1. The molecular formula is C12H21N3S. The van der Waals surface area contributed by atoms with Crippen molar-refractivity contribution in [2.75, 3.05) is 18.0 Å². The number of aromatic nitrogens is 1. The molecule has 2 rings (SSSR count). The lowest BCUT2D eigenvalue weighted by atomic mass is 10.3. The van der Waals surface area contributed by atoms with E-state index in [0.717, 1.165) is 6.54 Å².